The minimum Gasteiger partial charge on any atom is -0.387 e. The molecule has 0 spiro atoms. The summed E-state index contributed by atoms with van der Waals surface area (Å²) in [6.45, 7) is 19.1. The second-order valence-corrected chi connectivity index (χ2v) is 7.70. The summed E-state index contributed by atoms with van der Waals surface area (Å²) in [7, 11) is 2.00. The number of imidazole rings is 1. The van der Waals surface area contributed by atoms with Gasteiger partial charge in [0, 0.05) is 55.8 Å². The molecule has 0 bridgehead atoms. The van der Waals surface area contributed by atoms with E-state index in [4.69, 9.17) is 5.73 Å². The molecule has 0 radical (unpaired) electrons. The van der Waals surface area contributed by atoms with Gasteiger partial charge in [0.05, 0.1) is 11.5 Å². The minimum atomic E-state index is 0.528. The lowest BCUT2D eigenvalue weighted by atomic mass is 10.1. The first kappa shape index (κ1) is 33.4. The molecule has 1 aliphatic heterocycles. The highest BCUT2D eigenvalue weighted by Gasteiger charge is 2.06. The fourth-order valence-corrected chi connectivity index (χ4v) is 2.99. The highest BCUT2D eigenvalue weighted by atomic mass is 15.5. The van der Waals surface area contributed by atoms with Crippen LogP contribution in [0.15, 0.2) is 71.9 Å². The molecular formula is C29H48N8. The second-order valence-electron chi connectivity index (χ2n) is 7.70. The number of allylic oxidation sites excluding steroid dienone is 1. The number of nitrogens with zero attached hydrogens (tertiary/aromatic N) is 5. The minimum absolute atomic E-state index is 0.528. The zero-order chi connectivity index (χ0) is 28.2. The Hall–Kier alpha value is -3.65. The topological polar surface area (TPSA) is 95.9 Å². The van der Waals surface area contributed by atoms with E-state index in [1.165, 1.54) is 12.0 Å². The quantitative estimate of drug-likeness (QED) is 0.259. The van der Waals surface area contributed by atoms with Crippen molar-refractivity contribution in [3.8, 4) is 0 Å². The maximum absolute atomic E-state index is 5.69. The van der Waals surface area contributed by atoms with Crippen LogP contribution in [0.3, 0.4) is 0 Å². The van der Waals surface area contributed by atoms with Crippen LogP contribution in [0.2, 0.25) is 0 Å². The number of benzene rings is 1. The van der Waals surface area contributed by atoms with Gasteiger partial charge in [-0.05, 0) is 38.5 Å². The van der Waals surface area contributed by atoms with Gasteiger partial charge < -0.3 is 20.5 Å². The highest BCUT2D eigenvalue weighted by molar-refractivity contribution is 5.85. The zero-order valence-corrected chi connectivity index (χ0v) is 24.5. The second kappa shape index (κ2) is 19.5. The fraction of sp³-hybridized carbons (Fsp3) is 0.414. The molecule has 0 amide bonds. The van der Waals surface area contributed by atoms with Crippen molar-refractivity contribution >= 4 is 28.7 Å². The predicted octanol–water partition coefficient (Wildman–Crippen LogP) is 7.02. The van der Waals surface area contributed by atoms with Crippen molar-refractivity contribution in [2.24, 2.45) is 10.7 Å². The Morgan fingerprint density at radius 3 is 2.24 bits per heavy atom. The Morgan fingerprint density at radius 2 is 1.76 bits per heavy atom. The average molecular weight is 509 g/mol. The van der Waals surface area contributed by atoms with Gasteiger partial charge in [0.2, 0.25) is 0 Å². The molecule has 204 valence electrons. The van der Waals surface area contributed by atoms with E-state index < -0.39 is 0 Å². The molecular weight excluding hydrogens is 460 g/mol. The van der Waals surface area contributed by atoms with Crippen LogP contribution in [0.4, 0.5) is 11.5 Å². The maximum Gasteiger partial charge on any atom is 0.180 e. The number of anilines is 2. The summed E-state index contributed by atoms with van der Waals surface area (Å²) in [6.07, 6.45) is 12.5. The number of nitrogens with two attached hydrogens (primary N) is 1. The summed E-state index contributed by atoms with van der Waals surface area (Å²) in [5.74, 6) is 1.23. The van der Waals surface area contributed by atoms with Gasteiger partial charge >= 0.3 is 0 Å². The van der Waals surface area contributed by atoms with Crippen LogP contribution < -0.4 is 16.5 Å². The molecule has 37 heavy (non-hydrogen) atoms. The normalized spacial score (nSPS) is 12.5. The third kappa shape index (κ3) is 12.2. The van der Waals surface area contributed by atoms with Crippen molar-refractivity contribution in [3.05, 3.63) is 72.5 Å². The third-order valence-electron chi connectivity index (χ3n) is 4.32. The summed E-state index contributed by atoms with van der Waals surface area (Å²) in [5.41, 5.74) is 13.7. The first-order valence-corrected chi connectivity index (χ1v) is 13.1. The molecule has 0 atom stereocenters. The van der Waals surface area contributed by atoms with E-state index in [-0.39, 0.29) is 0 Å². The van der Waals surface area contributed by atoms with E-state index in [1.54, 1.807) is 19.3 Å². The Kier molecular flexibility index (Phi) is 17.6. The molecule has 0 aliphatic carbocycles. The lowest BCUT2D eigenvalue weighted by molar-refractivity contribution is 0.373. The maximum atomic E-state index is 5.69. The van der Waals surface area contributed by atoms with Gasteiger partial charge in [0.25, 0.3) is 0 Å². The SMILES string of the molecule is C/C=C(\N=C(C)N)c1cccc(Nc2nccn3ccnc23)c1.CC.CC.CC1=CN(C)NC1.CCC. The summed E-state index contributed by atoms with van der Waals surface area (Å²) in [4.78, 5) is 13.0. The number of aliphatic imine (C=N–C) groups is 1. The predicted molar refractivity (Wildman–Crippen MR) is 162 cm³/mol. The zero-order valence-electron chi connectivity index (χ0n) is 24.5. The van der Waals surface area contributed by atoms with Crippen LogP contribution >= 0.6 is 0 Å². The van der Waals surface area contributed by atoms with Gasteiger partial charge in [-0.25, -0.2) is 20.4 Å². The largest absolute Gasteiger partial charge is 0.387 e. The van der Waals surface area contributed by atoms with E-state index in [0.29, 0.717) is 11.7 Å². The van der Waals surface area contributed by atoms with E-state index in [2.05, 4.69) is 52.7 Å². The van der Waals surface area contributed by atoms with Crippen LogP contribution in [0.25, 0.3) is 11.3 Å². The first-order chi connectivity index (χ1) is 17.9. The smallest absolute Gasteiger partial charge is 0.180 e. The molecule has 1 aliphatic rings. The Labute approximate surface area is 224 Å². The molecule has 2 aromatic heterocycles. The van der Waals surface area contributed by atoms with Gasteiger partial charge in [-0.1, -0.05) is 66.2 Å². The molecule has 4 rings (SSSR count). The van der Waals surface area contributed by atoms with Crippen LogP contribution in [-0.4, -0.2) is 38.8 Å². The summed E-state index contributed by atoms with van der Waals surface area (Å²) in [5, 5.41) is 5.27. The molecule has 8 nitrogen and oxygen atoms in total. The van der Waals surface area contributed by atoms with Crippen molar-refractivity contribution in [3.63, 3.8) is 0 Å². The van der Waals surface area contributed by atoms with Gasteiger partial charge in [0.1, 0.15) is 0 Å². The average Bonchev–Trinajstić information content (AvgIpc) is 3.54. The number of hydrogen-bond donors (Lipinski definition) is 3. The molecule has 4 N–H and O–H groups in total. The van der Waals surface area contributed by atoms with Crippen LogP contribution in [0.1, 0.15) is 74.3 Å². The number of amidine groups is 1. The Bertz CT molecular complexity index is 1110. The van der Waals surface area contributed by atoms with Gasteiger partial charge in [0.15, 0.2) is 11.5 Å². The number of hydrogen-bond acceptors (Lipinski definition) is 6. The first-order valence-electron chi connectivity index (χ1n) is 13.1. The van der Waals surface area contributed by atoms with Crippen molar-refractivity contribution in [2.45, 2.75) is 68.7 Å². The van der Waals surface area contributed by atoms with Crippen molar-refractivity contribution < 1.29 is 0 Å². The molecule has 3 heterocycles. The van der Waals surface area contributed by atoms with Crippen molar-refractivity contribution in [1.82, 2.24) is 24.8 Å². The summed E-state index contributed by atoms with van der Waals surface area (Å²) >= 11 is 0. The monoisotopic (exact) mass is 508 g/mol. The van der Waals surface area contributed by atoms with Crippen molar-refractivity contribution in [2.75, 3.05) is 18.9 Å². The molecule has 1 aromatic carbocycles. The standard InChI is InChI=1S/C17H18N6.C5H10N2.C3H8.2C2H6/c1-3-15(21-12(2)18)13-5-4-6-14(11-13)22-16-17-20-8-10-23(17)9-7-19-16;1-5-3-6-7(2)4-5;1-3-2;2*1-2/h3-11H,1-2H3,(H2,18,21)(H,19,22);4,6H,3H2,1-2H3;3H2,1-2H3;2*1-2H3/b15-3-;;;;. The van der Waals surface area contributed by atoms with Crippen LogP contribution in [0.5, 0.6) is 0 Å². The van der Waals surface area contributed by atoms with Crippen LogP contribution in [-0.2, 0) is 0 Å². The number of fused-ring (bicyclic) bond motifs is 1. The van der Waals surface area contributed by atoms with Gasteiger partial charge in [-0.15, -0.1) is 0 Å². The van der Waals surface area contributed by atoms with Gasteiger partial charge in [-0.3, -0.25) is 0 Å². The molecule has 0 fully saturated rings. The fourth-order valence-electron chi connectivity index (χ4n) is 2.99. The lowest BCUT2D eigenvalue weighted by Crippen LogP contribution is -2.23. The third-order valence-corrected chi connectivity index (χ3v) is 4.32. The number of hydrazine groups is 1. The molecule has 0 saturated heterocycles. The number of aromatic nitrogens is 3. The highest BCUT2D eigenvalue weighted by Crippen LogP contribution is 2.23. The van der Waals surface area contributed by atoms with E-state index >= 15 is 0 Å². The Morgan fingerprint density at radius 1 is 1.14 bits per heavy atom. The molecule has 0 saturated carbocycles. The summed E-state index contributed by atoms with van der Waals surface area (Å²) in [6, 6.07) is 7.95. The molecule has 3 aromatic rings. The molecule has 0 unspecified atom stereocenters. The Balaban J connectivity index is 0.000000769. The van der Waals surface area contributed by atoms with E-state index in [9.17, 15) is 0 Å². The summed E-state index contributed by atoms with van der Waals surface area (Å²) < 4.78 is 1.92. The van der Waals surface area contributed by atoms with Crippen molar-refractivity contribution in [1.29, 1.82) is 0 Å². The van der Waals surface area contributed by atoms with Gasteiger partial charge in [-0.2, -0.15) is 0 Å². The van der Waals surface area contributed by atoms with Crippen LogP contribution in [0, 0.1) is 0 Å². The lowest BCUT2D eigenvalue weighted by Gasteiger charge is -2.09. The van der Waals surface area contributed by atoms with E-state index in [0.717, 1.165) is 29.1 Å². The number of rotatable bonds is 4. The molecule has 8 heteroatoms. The number of nitrogens with one attached hydrogen (secondary N) is 2. The van der Waals surface area contributed by atoms with E-state index in [1.807, 2.05) is 93.8 Å².